The lowest BCUT2D eigenvalue weighted by Crippen LogP contribution is -2.17. The van der Waals surface area contributed by atoms with Crippen molar-refractivity contribution >= 4 is 5.97 Å². The first-order valence-electron chi connectivity index (χ1n) is 10.4. The number of ether oxygens (including phenoxy) is 2. The molecule has 1 atom stereocenters. The maximum Gasteiger partial charge on any atom is 0.416 e. The summed E-state index contributed by atoms with van der Waals surface area (Å²) in [6.45, 7) is 3.97. The van der Waals surface area contributed by atoms with Gasteiger partial charge in [-0.3, -0.25) is 9.78 Å². The Morgan fingerprint density at radius 1 is 1.09 bits per heavy atom. The highest BCUT2D eigenvalue weighted by molar-refractivity contribution is 5.70. The van der Waals surface area contributed by atoms with E-state index in [1.54, 1.807) is 36.4 Å². The molecule has 174 valence electrons. The van der Waals surface area contributed by atoms with Crippen LogP contribution in [0.4, 0.5) is 13.2 Å². The van der Waals surface area contributed by atoms with Crippen LogP contribution in [0.1, 0.15) is 30.0 Å². The van der Waals surface area contributed by atoms with Crippen molar-refractivity contribution < 1.29 is 32.5 Å². The third kappa shape index (κ3) is 6.71. The van der Waals surface area contributed by atoms with E-state index in [-0.39, 0.29) is 18.1 Å². The molecule has 0 spiro atoms. The highest BCUT2D eigenvalue weighted by Gasteiger charge is 2.31. The Morgan fingerprint density at radius 3 is 2.48 bits per heavy atom. The molecule has 1 heterocycles. The molecule has 0 radical (unpaired) electrons. The van der Waals surface area contributed by atoms with Crippen LogP contribution in [0.5, 0.6) is 11.5 Å². The van der Waals surface area contributed by atoms with E-state index in [0.717, 1.165) is 17.7 Å². The molecule has 0 fully saturated rings. The molecule has 0 bridgehead atoms. The van der Waals surface area contributed by atoms with Gasteiger partial charge < -0.3 is 14.6 Å². The first-order valence-corrected chi connectivity index (χ1v) is 10.4. The fourth-order valence-corrected chi connectivity index (χ4v) is 3.30. The summed E-state index contributed by atoms with van der Waals surface area (Å²) in [6.07, 6.45) is -2.87. The Labute approximate surface area is 189 Å². The van der Waals surface area contributed by atoms with E-state index in [9.17, 15) is 18.0 Å². The van der Waals surface area contributed by atoms with Crippen LogP contribution in [0, 0.1) is 6.92 Å². The number of alkyl halides is 3. The van der Waals surface area contributed by atoms with Crippen molar-refractivity contribution in [3.63, 3.8) is 0 Å². The van der Waals surface area contributed by atoms with Crippen LogP contribution in [0.15, 0.2) is 60.8 Å². The maximum atomic E-state index is 13.2. The van der Waals surface area contributed by atoms with Gasteiger partial charge in [0.2, 0.25) is 0 Å². The van der Waals surface area contributed by atoms with E-state index in [4.69, 9.17) is 14.6 Å². The van der Waals surface area contributed by atoms with Gasteiger partial charge in [-0.1, -0.05) is 18.2 Å². The normalized spacial score (nSPS) is 12.3. The lowest BCUT2D eigenvalue weighted by molar-refractivity contribution is -0.138. The predicted molar refractivity (Wildman–Crippen MR) is 117 cm³/mol. The van der Waals surface area contributed by atoms with Crippen LogP contribution in [0.2, 0.25) is 0 Å². The van der Waals surface area contributed by atoms with Crippen molar-refractivity contribution in [2.45, 2.75) is 39.0 Å². The lowest BCUT2D eigenvalue weighted by atomic mass is 10.1. The van der Waals surface area contributed by atoms with Gasteiger partial charge in [0, 0.05) is 18.2 Å². The number of pyridine rings is 1. The number of aryl methyl sites for hydroxylation is 1. The summed E-state index contributed by atoms with van der Waals surface area (Å²) >= 11 is 0. The van der Waals surface area contributed by atoms with Crippen LogP contribution >= 0.6 is 0 Å². The van der Waals surface area contributed by atoms with Gasteiger partial charge in [-0.2, -0.15) is 13.2 Å². The average molecular weight is 459 g/mol. The Balaban J connectivity index is 1.67. The zero-order valence-corrected chi connectivity index (χ0v) is 18.2. The van der Waals surface area contributed by atoms with Gasteiger partial charge in [0.25, 0.3) is 0 Å². The molecule has 33 heavy (non-hydrogen) atoms. The van der Waals surface area contributed by atoms with Crippen LogP contribution in [-0.4, -0.2) is 28.8 Å². The number of nitrogens with zero attached hydrogens (tertiary/aromatic N) is 1. The number of rotatable bonds is 9. The number of aromatic nitrogens is 1. The molecule has 0 saturated heterocycles. The summed E-state index contributed by atoms with van der Waals surface area (Å²) < 4.78 is 51.4. The predicted octanol–water partition coefficient (Wildman–Crippen LogP) is 5.94. The Morgan fingerprint density at radius 2 is 1.85 bits per heavy atom. The summed E-state index contributed by atoms with van der Waals surface area (Å²) in [5.74, 6) is 0.0471. The second-order valence-electron chi connectivity index (χ2n) is 7.66. The monoisotopic (exact) mass is 459 g/mol. The molecule has 8 heteroatoms. The van der Waals surface area contributed by atoms with E-state index in [1.807, 2.05) is 13.8 Å². The molecule has 1 N–H and O–H groups in total. The summed E-state index contributed by atoms with van der Waals surface area (Å²) in [4.78, 5) is 15.0. The van der Waals surface area contributed by atoms with Crippen molar-refractivity contribution in [1.82, 2.24) is 4.98 Å². The number of hydrogen-bond donors (Lipinski definition) is 1. The summed E-state index contributed by atoms with van der Waals surface area (Å²) in [6, 6.07) is 13.6. The van der Waals surface area contributed by atoms with Crippen LogP contribution in [0.3, 0.4) is 0 Å². The number of aliphatic carboxylic acids is 1. The molecule has 0 amide bonds. The Kier molecular flexibility index (Phi) is 7.58. The van der Waals surface area contributed by atoms with Crippen molar-refractivity contribution in [3.05, 3.63) is 77.5 Å². The molecular formula is C25H24F3NO4. The number of carbonyl (C=O) groups is 1. The fourth-order valence-electron chi connectivity index (χ4n) is 3.30. The minimum absolute atomic E-state index is 0.0578. The van der Waals surface area contributed by atoms with Gasteiger partial charge in [0.05, 0.1) is 30.4 Å². The number of carboxylic acid groups (broad SMARTS) is 1. The lowest BCUT2D eigenvalue weighted by Gasteiger charge is -2.19. The Hall–Kier alpha value is -3.55. The standard InChI is InChI=1S/C25H24F3NO4/c1-16-13-18(14-24(30)31)6-8-22(16)32-12-10-17(2)33-23-9-7-19(25(26,27)28)15-20(23)21-5-3-4-11-29-21/h3-9,11,13,15,17H,10,12,14H2,1-2H3,(H,30,31). The van der Waals surface area contributed by atoms with Gasteiger partial charge in [0.15, 0.2) is 0 Å². The van der Waals surface area contributed by atoms with Gasteiger partial charge in [0.1, 0.15) is 11.5 Å². The zero-order chi connectivity index (χ0) is 24.0. The first-order chi connectivity index (χ1) is 15.6. The molecule has 0 saturated carbocycles. The number of hydrogen-bond acceptors (Lipinski definition) is 4. The van der Waals surface area contributed by atoms with E-state index in [0.29, 0.717) is 35.8 Å². The minimum Gasteiger partial charge on any atom is -0.493 e. The average Bonchev–Trinajstić information content (AvgIpc) is 2.75. The fraction of sp³-hybridized carbons (Fsp3) is 0.280. The van der Waals surface area contributed by atoms with E-state index < -0.39 is 17.7 Å². The van der Waals surface area contributed by atoms with Crippen molar-refractivity contribution in [2.75, 3.05) is 6.61 Å². The molecule has 2 aromatic carbocycles. The van der Waals surface area contributed by atoms with Gasteiger partial charge in [-0.05, 0) is 61.4 Å². The van der Waals surface area contributed by atoms with Gasteiger partial charge in [-0.25, -0.2) is 0 Å². The van der Waals surface area contributed by atoms with Crippen LogP contribution in [0.25, 0.3) is 11.3 Å². The molecule has 3 aromatic rings. The highest BCUT2D eigenvalue weighted by Crippen LogP contribution is 2.37. The quantitative estimate of drug-likeness (QED) is 0.429. The number of halogens is 3. The molecule has 5 nitrogen and oxygen atoms in total. The molecule has 0 aliphatic carbocycles. The maximum absolute atomic E-state index is 13.2. The molecule has 0 aliphatic heterocycles. The van der Waals surface area contributed by atoms with E-state index in [1.165, 1.54) is 12.3 Å². The third-order valence-corrected chi connectivity index (χ3v) is 4.95. The molecular weight excluding hydrogens is 435 g/mol. The second-order valence-corrected chi connectivity index (χ2v) is 7.66. The smallest absolute Gasteiger partial charge is 0.416 e. The number of carboxylic acids is 1. The van der Waals surface area contributed by atoms with Crippen molar-refractivity contribution in [3.8, 4) is 22.8 Å². The SMILES string of the molecule is Cc1cc(CC(=O)O)ccc1OCCC(C)Oc1ccc(C(F)(F)F)cc1-c1ccccn1. The van der Waals surface area contributed by atoms with Crippen molar-refractivity contribution in [1.29, 1.82) is 0 Å². The van der Waals surface area contributed by atoms with Gasteiger partial charge >= 0.3 is 12.1 Å². The van der Waals surface area contributed by atoms with E-state index >= 15 is 0 Å². The summed E-state index contributed by atoms with van der Waals surface area (Å²) in [5, 5.41) is 8.89. The molecule has 3 rings (SSSR count). The number of benzene rings is 2. The molecule has 0 aliphatic rings. The highest BCUT2D eigenvalue weighted by atomic mass is 19.4. The zero-order valence-electron chi connectivity index (χ0n) is 18.2. The summed E-state index contributed by atoms with van der Waals surface area (Å²) in [7, 11) is 0. The Bertz CT molecular complexity index is 1100. The van der Waals surface area contributed by atoms with E-state index in [2.05, 4.69) is 4.98 Å². The van der Waals surface area contributed by atoms with Gasteiger partial charge in [-0.15, -0.1) is 0 Å². The van der Waals surface area contributed by atoms with Crippen molar-refractivity contribution in [2.24, 2.45) is 0 Å². The molecule has 1 aromatic heterocycles. The van der Waals surface area contributed by atoms with Crippen LogP contribution in [-0.2, 0) is 17.4 Å². The topological polar surface area (TPSA) is 68.7 Å². The first kappa shape index (κ1) is 24.1. The minimum atomic E-state index is -4.47. The largest absolute Gasteiger partial charge is 0.493 e. The second kappa shape index (κ2) is 10.4. The molecule has 1 unspecified atom stereocenters. The van der Waals surface area contributed by atoms with Crippen LogP contribution < -0.4 is 9.47 Å². The summed E-state index contributed by atoms with van der Waals surface area (Å²) in [5.41, 5.74) is 1.39. The third-order valence-electron chi connectivity index (χ3n) is 4.95.